The lowest BCUT2D eigenvalue weighted by atomic mass is 9.91. The standard InChI is InChI=1S/C6H12BN4Si3/c12-9-4-1-8-2-5-10(13)7(9)11(14)6-3-8/h1-6H2. The molecule has 0 spiro atoms. The summed E-state index contributed by atoms with van der Waals surface area (Å²) in [6, 6.07) is 0. The van der Waals surface area contributed by atoms with Crippen molar-refractivity contribution < 1.29 is 0 Å². The van der Waals surface area contributed by atoms with Crippen molar-refractivity contribution in [3.05, 3.63) is 0 Å². The monoisotopic (exact) mass is 235 g/mol. The van der Waals surface area contributed by atoms with E-state index in [4.69, 9.17) is 0 Å². The van der Waals surface area contributed by atoms with Crippen molar-refractivity contribution in [2.45, 2.75) is 0 Å². The van der Waals surface area contributed by atoms with E-state index in [1.165, 1.54) is 0 Å². The minimum Gasteiger partial charge on any atom is -0.339 e. The number of fused-ring (bicyclic) bond motifs is 6. The molecule has 0 aromatic heterocycles. The Balaban J connectivity index is 2.17. The first-order chi connectivity index (χ1) is 6.68. The molecule has 3 aliphatic rings. The van der Waals surface area contributed by atoms with E-state index >= 15 is 0 Å². The van der Waals surface area contributed by atoms with Crippen LogP contribution < -0.4 is 0 Å². The molecule has 3 saturated heterocycles. The van der Waals surface area contributed by atoms with Crippen LogP contribution in [-0.4, -0.2) is 95.9 Å². The van der Waals surface area contributed by atoms with Crippen LogP contribution in [-0.2, 0) is 0 Å². The smallest absolute Gasteiger partial charge is 0.339 e. The van der Waals surface area contributed by atoms with Crippen LogP contribution in [0.3, 0.4) is 0 Å². The molecule has 14 heavy (non-hydrogen) atoms. The van der Waals surface area contributed by atoms with E-state index in [0.29, 0.717) is 0 Å². The molecule has 3 aliphatic heterocycles. The average Bonchev–Trinajstić information content (AvgIpc) is 2.11. The van der Waals surface area contributed by atoms with Gasteiger partial charge in [-0.05, 0) is 19.6 Å². The van der Waals surface area contributed by atoms with Gasteiger partial charge in [-0.25, -0.2) is 0 Å². The van der Waals surface area contributed by atoms with Gasteiger partial charge >= 0.3 is 7.12 Å². The van der Waals surface area contributed by atoms with Gasteiger partial charge in [0.25, 0.3) is 0 Å². The molecule has 0 unspecified atom stereocenters. The number of rotatable bonds is 0. The van der Waals surface area contributed by atoms with Crippen LogP contribution in [0.4, 0.5) is 0 Å². The van der Waals surface area contributed by atoms with E-state index in [2.05, 4.69) is 49.5 Å². The first kappa shape index (κ1) is 11.1. The number of nitrogens with zero attached hydrogens (tertiary/aromatic N) is 4. The maximum Gasteiger partial charge on any atom is 0.381 e. The molecule has 0 aliphatic carbocycles. The van der Waals surface area contributed by atoms with Crippen LogP contribution in [0, 0.1) is 0 Å². The Kier molecular flexibility index (Phi) is 3.63. The van der Waals surface area contributed by atoms with Gasteiger partial charge in [-0.3, -0.25) is 4.90 Å². The molecule has 0 saturated carbocycles. The van der Waals surface area contributed by atoms with Crippen molar-refractivity contribution in [2.24, 2.45) is 0 Å². The van der Waals surface area contributed by atoms with Gasteiger partial charge in [-0.1, -0.05) is 0 Å². The van der Waals surface area contributed by atoms with Crippen molar-refractivity contribution in [1.29, 1.82) is 0 Å². The van der Waals surface area contributed by atoms with Gasteiger partial charge in [-0.15, -0.1) is 0 Å². The molecular weight excluding hydrogens is 223 g/mol. The Morgan fingerprint density at radius 2 is 1.00 bits per heavy atom. The van der Waals surface area contributed by atoms with Crippen LogP contribution in [0.15, 0.2) is 0 Å². The van der Waals surface area contributed by atoms with Gasteiger partial charge in [0.05, 0.1) is 0 Å². The summed E-state index contributed by atoms with van der Waals surface area (Å²) in [6.45, 7) is 6.51. The average molecular weight is 235 g/mol. The molecule has 8 heteroatoms. The quantitative estimate of drug-likeness (QED) is 0.429. The van der Waals surface area contributed by atoms with Crippen LogP contribution in [0.2, 0.25) is 0 Å². The van der Waals surface area contributed by atoms with Crippen molar-refractivity contribution >= 4 is 38.3 Å². The van der Waals surface area contributed by atoms with Gasteiger partial charge in [0.2, 0.25) is 0 Å². The van der Waals surface area contributed by atoms with Gasteiger partial charge in [0.1, 0.15) is 31.2 Å². The van der Waals surface area contributed by atoms with E-state index in [1.54, 1.807) is 0 Å². The number of hydrogen-bond donors (Lipinski definition) is 0. The molecule has 0 aromatic carbocycles. The fourth-order valence-electron chi connectivity index (χ4n) is 1.93. The molecule has 0 aromatic rings. The molecule has 71 valence electrons. The highest BCUT2D eigenvalue weighted by Crippen LogP contribution is 2.09. The van der Waals surface area contributed by atoms with Crippen molar-refractivity contribution in [1.82, 2.24) is 18.3 Å². The minimum atomic E-state index is 0.238. The lowest BCUT2D eigenvalue weighted by Crippen LogP contribution is -2.67. The summed E-state index contributed by atoms with van der Waals surface area (Å²) in [5.74, 6) is 0. The molecule has 0 amide bonds. The lowest BCUT2D eigenvalue weighted by molar-refractivity contribution is 0.213. The molecule has 3 heterocycles. The Morgan fingerprint density at radius 1 is 0.643 bits per heavy atom. The zero-order chi connectivity index (χ0) is 10.1. The zero-order valence-corrected chi connectivity index (χ0v) is 11.1. The van der Waals surface area contributed by atoms with E-state index < -0.39 is 0 Å². The summed E-state index contributed by atoms with van der Waals surface area (Å²) in [5.41, 5.74) is 0. The molecular formula is C6H12BN4Si3. The lowest BCUT2D eigenvalue weighted by Gasteiger charge is -2.45. The van der Waals surface area contributed by atoms with Crippen molar-refractivity contribution in [3.8, 4) is 0 Å². The van der Waals surface area contributed by atoms with E-state index in [9.17, 15) is 0 Å². The van der Waals surface area contributed by atoms with Gasteiger partial charge in [0.15, 0.2) is 0 Å². The summed E-state index contributed by atoms with van der Waals surface area (Å²) in [6.07, 6.45) is 0. The summed E-state index contributed by atoms with van der Waals surface area (Å²) in [7, 11) is 11.2. The summed E-state index contributed by atoms with van der Waals surface area (Å²) < 4.78 is 6.47. The molecule has 4 nitrogen and oxygen atoms in total. The van der Waals surface area contributed by atoms with Gasteiger partial charge in [-0.2, -0.15) is 0 Å². The summed E-state index contributed by atoms with van der Waals surface area (Å²) in [4.78, 5) is 2.48. The third kappa shape index (κ3) is 2.21. The highest BCUT2D eigenvalue weighted by atomic mass is 28.2. The molecule has 9 radical (unpaired) electrons. The maximum atomic E-state index is 3.66. The maximum absolute atomic E-state index is 3.66. The fourth-order valence-corrected chi connectivity index (χ4v) is 3.42. The van der Waals surface area contributed by atoms with E-state index in [1.807, 2.05) is 0 Å². The van der Waals surface area contributed by atoms with Gasteiger partial charge < -0.3 is 13.4 Å². The summed E-state index contributed by atoms with van der Waals surface area (Å²) in [5, 5.41) is 0. The molecule has 2 bridgehead atoms. The largest absolute Gasteiger partial charge is 0.381 e. The van der Waals surface area contributed by atoms with Crippen molar-refractivity contribution in [3.63, 3.8) is 0 Å². The predicted molar refractivity (Wildman–Crippen MR) is 59.6 cm³/mol. The Bertz CT molecular complexity index is 176. The third-order valence-electron chi connectivity index (χ3n) is 2.81. The van der Waals surface area contributed by atoms with Crippen LogP contribution in [0.25, 0.3) is 0 Å². The van der Waals surface area contributed by atoms with Gasteiger partial charge in [0, 0.05) is 19.6 Å². The highest BCUT2D eigenvalue weighted by Gasteiger charge is 2.34. The second-order valence-electron chi connectivity index (χ2n) is 3.77. The van der Waals surface area contributed by atoms with Crippen molar-refractivity contribution in [2.75, 3.05) is 39.3 Å². The molecule has 3 fully saturated rings. The Hall–Kier alpha value is 0.556. The fraction of sp³-hybridized carbons (Fsp3) is 1.00. The van der Waals surface area contributed by atoms with E-state index in [0.717, 1.165) is 39.3 Å². The third-order valence-corrected chi connectivity index (χ3v) is 4.17. The Morgan fingerprint density at radius 3 is 1.36 bits per heavy atom. The SMILES string of the molecule is [Si]N1CCN2CCN([Si])B1N([Si])CC2. The second kappa shape index (κ2) is 4.60. The number of hydrogen-bond acceptors (Lipinski definition) is 4. The molecule has 0 N–H and O–H groups in total. The molecule has 0 atom stereocenters. The minimum absolute atomic E-state index is 0.238. The van der Waals surface area contributed by atoms with Crippen LogP contribution in [0.1, 0.15) is 0 Å². The summed E-state index contributed by atoms with van der Waals surface area (Å²) >= 11 is 0. The second-order valence-corrected chi connectivity index (χ2v) is 5.49. The zero-order valence-electron chi connectivity index (χ0n) is 8.11. The predicted octanol–water partition coefficient (Wildman–Crippen LogP) is -2.54. The van der Waals surface area contributed by atoms with Crippen LogP contribution in [0.5, 0.6) is 0 Å². The first-order valence-electron chi connectivity index (χ1n) is 4.84. The Labute approximate surface area is 96.2 Å². The molecule has 3 rings (SSSR count). The normalized spacial score (nSPS) is 28.9. The highest BCUT2D eigenvalue weighted by molar-refractivity contribution is 6.64. The topological polar surface area (TPSA) is 13.0 Å². The van der Waals surface area contributed by atoms with Crippen LogP contribution >= 0.6 is 0 Å². The first-order valence-corrected chi connectivity index (χ1v) is 6.18. The van der Waals surface area contributed by atoms with E-state index in [-0.39, 0.29) is 7.12 Å².